The molecule has 0 unspecified atom stereocenters. The molecule has 0 aliphatic rings. The van der Waals surface area contributed by atoms with Crippen molar-refractivity contribution in [3.05, 3.63) is 58.1 Å². The van der Waals surface area contributed by atoms with Crippen molar-refractivity contribution >= 4 is 40.9 Å². The molecule has 0 saturated heterocycles. The van der Waals surface area contributed by atoms with Gasteiger partial charge in [-0.25, -0.2) is 19.4 Å². The van der Waals surface area contributed by atoms with Crippen LogP contribution in [-0.4, -0.2) is 36.0 Å². The Balaban J connectivity index is 1.97. The van der Waals surface area contributed by atoms with Crippen molar-refractivity contribution in [2.45, 2.75) is 10.9 Å². The highest BCUT2D eigenvalue weighted by atomic mass is 35.5. The number of carboxylic acid groups (broad SMARTS) is 1. The number of hydrogen-bond acceptors (Lipinski definition) is 6. The summed E-state index contributed by atoms with van der Waals surface area (Å²) in [6, 6.07) is 6.59. The summed E-state index contributed by atoms with van der Waals surface area (Å²) >= 11 is 13.2. The Bertz CT molecular complexity index is 888. The van der Waals surface area contributed by atoms with Crippen LogP contribution in [0.5, 0.6) is 0 Å². The second-order valence-electron chi connectivity index (χ2n) is 4.52. The summed E-state index contributed by atoms with van der Waals surface area (Å²) < 4.78 is 1.42. The molecule has 7 nitrogen and oxygen atoms in total. The number of benzene rings is 1. The third-order valence-electron chi connectivity index (χ3n) is 2.99. The fraction of sp³-hybridized carbons (Fsp3) is 0.0714. The number of thioether (sulfide) groups is 1. The van der Waals surface area contributed by atoms with Crippen LogP contribution in [-0.2, 0) is 5.75 Å². The largest absolute Gasteiger partial charge is 0.476 e. The Hall–Kier alpha value is -2.16. The SMILES string of the molecule is O=C(O)c1nnn(-c2ccc(Cl)c(Cl)c2)c1CSc1ncccn1. The first-order valence-corrected chi connectivity index (χ1v) is 8.33. The highest BCUT2D eigenvalue weighted by molar-refractivity contribution is 7.98. The molecule has 0 aliphatic carbocycles. The van der Waals surface area contributed by atoms with Crippen LogP contribution < -0.4 is 0 Å². The van der Waals surface area contributed by atoms with Crippen LogP contribution in [0.4, 0.5) is 0 Å². The Kier molecular flexibility index (Phi) is 4.98. The van der Waals surface area contributed by atoms with E-state index in [2.05, 4.69) is 20.3 Å². The van der Waals surface area contributed by atoms with Gasteiger partial charge in [0.1, 0.15) is 0 Å². The van der Waals surface area contributed by atoms with Gasteiger partial charge in [0.25, 0.3) is 0 Å². The lowest BCUT2D eigenvalue weighted by Gasteiger charge is -2.07. The molecule has 0 fully saturated rings. The van der Waals surface area contributed by atoms with Gasteiger partial charge < -0.3 is 5.11 Å². The van der Waals surface area contributed by atoms with Crippen molar-refractivity contribution in [3.8, 4) is 5.69 Å². The second-order valence-corrected chi connectivity index (χ2v) is 6.28. The summed E-state index contributed by atoms with van der Waals surface area (Å²) in [6.07, 6.45) is 3.23. The third-order valence-corrected chi connectivity index (χ3v) is 4.62. The van der Waals surface area contributed by atoms with E-state index in [1.165, 1.54) is 16.4 Å². The fourth-order valence-corrected chi connectivity index (χ4v) is 3.00. The summed E-state index contributed by atoms with van der Waals surface area (Å²) in [5.74, 6) is -0.885. The number of nitrogens with zero attached hydrogens (tertiary/aromatic N) is 5. The van der Waals surface area contributed by atoms with Gasteiger partial charge in [-0.05, 0) is 24.3 Å². The number of carbonyl (C=O) groups is 1. The van der Waals surface area contributed by atoms with Gasteiger partial charge in [-0.15, -0.1) is 5.10 Å². The molecule has 3 rings (SSSR count). The van der Waals surface area contributed by atoms with E-state index in [0.717, 1.165) is 0 Å². The van der Waals surface area contributed by atoms with Crippen LogP contribution in [0.1, 0.15) is 16.2 Å². The molecule has 24 heavy (non-hydrogen) atoms. The first kappa shape index (κ1) is 16.7. The maximum Gasteiger partial charge on any atom is 0.358 e. The summed E-state index contributed by atoms with van der Waals surface area (Å²) in [6.45, 7) is 0. The average Bonchev–Trinajstić information content (AvgIpc) is 3.00. The number of carboxylic acids is 1. The van der Waals surface area contributed by atoms with E-state index in [0.29, 0.717) is 26.6 Å². The minimum atomic E-state index is -1.16. The number of rotatable bonds is 5. The quantitative estimate of drug-likeness (QED) is 0.534. The first-order valence-electron chi connectivity index (χ1n) is 6.59. The van der Waals surface area contributed by atoms with Crippen LogP contribution in [0.15, 0.2) is 41.8 Å². The van der Waals surface area contributed by atoms with Crippen molar-refractivity contribution < 1.29 is 9.90 Å². The first-order chi connectivity index (χ1) is 11.6. The lowest BCUT2D eigenvalue weighted by molar-refractivity contribution is 0.0689. The predicted molar refractivity (Wildman–Crippen MR) is 89.9 cm³/mol. The smallest absolute Gasteiger partial charge is 0.358 e. The maximum absolute atomic E-state index is 11.4. The predicted octanol–water partition coefficient (Wildman–Crippen LogP) is 3.35. The van der Waals surface area contributed by atoms with E-state index in [1.807, 2.05) is 0 Å². The van der Waals surface area contributed by atoms with Crippen molar-refractivity contribution in [3.63, 3.8) is 0 Å². The van der Waals surface area contributed by atoms with E-state index >= 15 is 0 Å². The van der Waals surface area contributed by atoms with E-state index in [1.54, 1.807) is 36.7 Å². The summed E-state index contributed by atoms with van der Waals surface area (Å²) in [4.78, 5) is 19.6. The monoisotopic (exact) mass is 381 g/mol. The molecule has 0 spiro atoms. The Morgan fingerprint density at radius 2 is 1.96 bits per heavy atom. The van der Waals surface area contributed by atoms with Gasteiger partial charge in [0, 0.05) is 18.1 Å². The van der Waals surface area contributed by atoms with Crippen LogP contribution in [0.2, 0.25) is 10.0 Å². The molecule has 0 atom stereocenters. The molecule has 2 aromatic heterocycles. The normalized spacial score (nSPS) is 10.8. The third kappa shape index (κ3) is 3.50. The zero-order valence-electron chi connectivity index (χ0n) is 11.9. The highest BCUT2D eigenvalue weighted by Crippen LogP contribution is 2.27. The highest BCUT2D eigenvalue weighted by Gasteiger charge is 2.21. The average molecular weight is 382 g/mol. The van der Waals surface area contributed by atoms with Crippen molar-refractivity contribution in [1.29, 1.82) is 0 Å². The van der Waals surface area contributed by atoms with Crippen LogP contribution in [0.25, 0.3) is 5.69 Å². The van der Waals surface area contributed by atoms with Gasteiger partial charge in [0.05, 0.1) is 21.4 Å². The lowest BCUT2D eigenvalue weighted by Crippen LogP contribution is -2.06. The second kappa shape index (κ2) is 7.16. The summed E-state index contributed by atoms with van der Waals surface area (Å²) in [5.41, 5.74) is 0.830. The molecular formula is C14H9Cl2N5O2S. The molecular weight excluding hydrogens is 373 g/mol. The molecule has 1 N–H and O–H groups in total. The van der Waals surface area contributed by atoms with Crippen molar-refractivity contribution in [2.24, 2.45) is 0 Å². The molecule has 3 aromatic rings. The number of halogens is 2. The molecule has 1 aromatic carbocycles. The zero-order chi connectivity index (χ0) is 17.1. The van der Waals surface area contributed by atoms with Crippen molar-refractivity contribution in [2.75, 3.05) is 0 Å². The molecule has 0 saturated carbocycles. The van der Waals surface area contributed by atoms with Crippen LogP contribution in [0, 0.1) is 0 Å². The number of aromatic carboxylic acids is 1. The van der Waals surface area contributed by atoms with E-state index in [9.17, 15) is 9.90 Å². The molecule has 2 heterocycles. The molecule has 10 heteroatoms. The topological polar surface area (TPSA) is 93.8 Å². The summed E-state index contributed by atoms with van der Waals surface area (Å²) in [7, 11) is 0. The maximum atomic E-state index is 11.4. The minimum absolute atomic E-state index is 0.135. The fourth-order valence-electron chi connectivity index (χ4n) is 1.91. The van der Waals surface area contributed by atoms with Crippen LogP contribution >= 0.6 is 35.0 Å². The van der Waals surface area contributed by atoms with Gasteiger partial charge in [-0.1, -0.05) is 40.2 Å². The van der Waals surface area contributed by atoms with E-state index < -0.39 is 5.97 Å². The standard InChI is InChI=1S/C14H9Cl2N5O2S/c15-9-3-2-8(6-10(9)16)21-11(12(13(22)23)19-20-21)7-24-14-17-4-1-5-18-14/h1-6H,7H2,(H,22,23). The Labute approximate surface area is 150 Å². The number of hydrogen-bond donors (Lipinski definition) is 1. The lowest BCUT2D eigenvalue weighted by atomic mass is 10.3. The minimum Gasteiger partial charge on any atom is -0.476 e. The van der Waals surface area contributed by atoms with Crippen molar-refractivity contribution in [1.82, 2.24) is 25.0 Å². The Morgan fingerprint density at radius 1 is 1.21 bits per heavy atom. The molecule has 122 valence electrons. The molecule has 0 aliphatic heterocycles. The van der Waals surface area contributed by atoms with E-state index in [-0.39, 0.29) is 11.4 Å². The van der Waals surface area contributed by atoms with E-state index in [4.69, 9.17) is 23.2 Å². The van der Waals surface area contributed by atoms with Gasteiger partial charge in [-0.3, -0.25) is 0 Å². The van der Waals surface area contributed by atoms with Crippen LogP contribution in [0.3, 0.4) is 0 Å². The summed E-state index contributed by atoms with van der Waals surface area (Å²) in [5, 5.41) is 18.2. The molecule has 0 bridgehead atoms. The zero-order valence-corrected chi connectivity index (χ0v) is 14.3. The number of aromatic nitrogens is 5. The van der Waals surface area contributed by atoms with Gasteiger partial charge in [0.2, 0.25) is 0 Å². The molecule has 0 amide bonds. The molecule has 0 radical (unpaired) electrons. The Morgan fingerprint density at radius 3 is 2.62 bits per heavy atom. The van der Waals surface area contributed by atoms with Gasteiger partial charge >= 0.3 is 5.97 Å². The van der Waals surface area contributed by atoms with Gasteiger partial charge in [-0.2, -0.15) is 0 Å². The van der Waals surface area contributed by atoms with Gasteiger partial charge in [0.15, 0.2) is 10.9 Å².